The highest BCUT2D eigenvalue weighted by atomic mass is 16.5. The van der Waals surface area contributed by atoms with E-state index < -0.39 is 0 Å². The smallest absolute Gasteiger partial charge is 0.247 e. The first-order chi connectivity index (χ1) is 12.8. The van der Waals surface area contributed by atoms with Gasteiger partial charge in [0, 0.05) is 11.1 Å². The lowest BCUT2D eigenvalue weighted by Crippen LogP contribution is -1.96. The number of methoxy groups -OCH3 is 1. The zero-order valence-electron chi connectivity index (χ0n) is 14.0. The summed E-state index contributed by atoms with van der Waals surface area (Å²) in [6.45, 7) is 0.285. The Bertz CT molecular complexity index is 978. The molecule has 4 aromatic rings. The van der Waals surface area contributed by atoms with Crippen LogP contribution in [0.2, 0.25) is 0 Å². The highest BCUT2D eigenvalue weighted by Crippen LogP contribution is 2.24. The van der Waals surface area contributed by atoms with Crippen LogP contribution in [0.1, 0.15) is 5.69 Å². The van der Waals surface area contributed by atoms with Crippen LogP contribution in [0.5, 0.6) is 11.5 Å². The van der Waals surface area contributed by atoms with Crippen LogP contribution in [0.15, 0.2) is 70.0 Å². The first-order valence-electron chi connectivity index (χ1n) is 7.90. The number of aromatic nitrogens is 3. The van der Waals surface area contributed by atoms with E-state index in [-0.39, 0.29) is 6.61 Å². The van der Waals surface area contributed by atoms with Gasteiger partial charge in [0.25, 0.3) is 0 Å². The molecule has 0 spiro atoms. The Morgan fingerprint density at radius 3 is 2.58 bits per heavy atom. The van der Waals surface area contributed by atoms with Crippen LogP contribution in [0, 0.1) is 0 Å². The summed E-state index contributed by atoms with van der Waals surface area (Å²) in [5.74, 6) is 2.43. The maximum Gasteiger partial charge on any atom is 0.247 e. The molecule has 7 nitrogen and oxygen atoms in total. The number of hydrogen-bond acceptors (Lipinski definition) is 7. The predicted octanol–water partition coefficient (Wildman–Crippen LogP) is 3.98. The molecule has 0 radical (unpaired) electrons. The van der Waals surface area contributed by atoms with Crippen molar-refractivity contribution in [3.05, 3.63) is 66.9 Å². The van der Waals surface area contributed by atoms with E-state index in [0.717, 1.165) is 16.9 Å². The highest BCUT2D eigenvalue weighted by molar-refractivity contribution is 5.55. The van der Waals surface area contributed by atoms with Crippen LogP contribution in [-0.2, 0) is 6.61 Å². The lowest BCUT2D eigenvalue weighted by molar-refractivity contribution is 0.301. The summed E-state index contributed by atoms with van der Waals surface area (Å²) >= 11 is 0. The molecule has 130 valence electrons. The minimum atomic E-state index is 0.285. The maximum absolute atomic E-state index is 5.78. The van der Waals surface area contributed by atoms with Gasteiger partial charge < -0.3 is 18.3 Å². The minimum absolute atomic E-state index is 0.285. The quantitative estimate of drug-likeness (QED) is 0.520. The van der Waals surface area contributed by atoms with E-state index >= 15 is 0 Å². The molecular formula is C19H15N3O4. The second-order valence-corrected chi connectivity index (χ2v) is 5.43. The third kappa shape index (κ3) is 3.41. The van der Waals surface area contributed by atoms with E-state index in [1.54, 1.807) is 13.4 Å². The molecule has 0 atom stereocenters. The lowest BCUT2D eigenvalue weighted by atomic mass is 10.2. The van der Waals surface area contributed by atoms with E-state index in [4.69, 9.17) is 18.3 Å². The summed E-state index contributed by atoms with van der Waals surface area (Å²) in [5, 5.41) is 7.56. The SMILES string of the molecule is COc1ccc(-c2nc(COc3cccc(-c4nnco4)c3)co2)cc1. The molecule has 0 saturated heterocycles. The molecule has 2 aromatic carbocycles. The van der Waals surface area contributed by atoms with E-state index in [1.807, 2.05) is 48.5 Å². The van der Waals surface area contributed by atoms with Crippen molar-refractivity contribution in [1.82, 2.24) is 15.2 Å². The third-order valence-corrected chi connectivity index (χ3v) is 3.72. The van der Waals surface area contributed by atoms with Crippen LogP contribution < -0.4 is 9.47 Å². The van der Waals surface area contributed by atoms with Crippen LogP contribution in [0.25, 0.3) is 22.9 Å². The largest absolute Gasteiger partial charge is 0.497 e. The van der Waals surface area contributed by atoms with Gasteiger partial charge in [-0.25, -0.2) is 4.98 Å². The second-order valence-electron chi connectivity index (χ2n) is 5.43. The van der Waals surface area contributed by atoms with Crippen LogP contribution in [0.4, 0.5) is 0 Å². The fourth-order valence-electron chi connectivity index (χ4n) is 2.41. The highest BCUT2D eigenvalue weighted by Gasteiger charge is 2.09. The van der Waals surface area contributed by atoms with Gasteiger partial charge in [0.05, 0.1) is 7.11 Å². The maximum atomic E-state index is 5.78. The Labute approximate surface area is 149 Å². The molecule has 0 aliphatic heterocycles. The fourth-order valence-corrected chi connectivity index (χ4v) is 2.41. The number of oxazole rings is 1. The molecule has 0 unspecified atom stereocenters. The first-order valence-corrected chi connectivity index (χ1v) is 7.90. The van der Waals surface area contributed by atoms with Crippen LogP contribution in [-0.4, -0.2) is 22.3 Å². The van der Waals surface area contributed by atoms with Gasteiger partial charge in [-0.15, -0.1) is 10.2 Å². The Kier molecular flexibility index (Phi) is 4.34. The molecule has 2 aromatic heterocycles. The normalized spacial score (nSPS) is 10.7. The molecular weight excluding hydrogens is 334 g/mol. The van der Waals surface area contributed by atoms with Gasteiger partial charge in [-0.2, -0.15) is 0 Å². The van der Waals surface area contributed by atoms with E-state index in [9.17, 15) is 0 Å². The Hall–Kier alpha value is -3.61. The molecule has 4 rings (SSSR count). The molecule has 0 amide bonds. The van der Waals surface area contributed by atoms with Crippen LogP contribution >= 0.6 is 0 Å². The topological polar surface area (TPSA) is 83.4 Å². The summed E-state index contributed by atoms with van der Waals surface area (Å²) in [6, 6.07) is 14.9. The van der Waals surface area contributed by atoms with Gasteiger partial charge >= 0.3 is 0 Å². The van der Waals surface area contributed by atoms with E-state index in [0.29, 0.717) is 23.2 Å². The van der Waals surface area contributed by atoms with Gasteiger partial charge in [0.2, 0.25) is 18.2 Å². The molecule has 0 aliphatic carbocycles. The van der Waals surface area contributed by atoms with Gasteiger partial charge in [-0.05, 0) is 42.5 Å². The number of nitrogens with zero attached hydrogens (tertiary/aromatic N) is 3. The lowest BCUT2D eigenvalue weighted by Gasteiger charge is -2.04. The first kappa shape index (κ1) is 15.9. The summed E-state index contributed by atoms with van der Waals surface area (Å²) in [4.78, 5) is 4.45. The van der Waals surface area contributed by atoms with Gasteiger partial charge in [-0.1, -0.05) is 6.07 Å². The average molecular weight is 349 g/mol. The predicted molar refractivity (Wildman–Crippen MR) is 92.6 cm³/mol. The number of rotatable bonds is 6. The third-order valence-electron chi connectivity index (χ3n) is 3.72. The molecule has 26 heavy (non-hydrogen) atoms. The number of ether oxygens (including phenoxy) is 2. The Morgan fingerprint density at radius 2 is 1.81 bits per heavy atom. The molecule has 2 heterocycles. The second kappa shape index (κ2) is 7.10. The molecule has 0 fully saturated rings. The van der Waals surface area contributed by atoms with Crippen molar-refractivity contribution >= 4 is 0 Å². The molecule has 0 aliphatic rings. The zero-order chi connectivity index (χ0) is 17.8. The summed E-state index contributed by atoms with van der Waals surface area (Å²) in [6.07, 6.45) is 2.88. The summed E-state index contributed by atoms with van der Waals surface area (Å²) in [7, 11) is 1.63. The minimum Gasteiger partial charge on any atom is -0.497 e. The van der Waals surface area contributed by atoms with E-state index in [2.05, 4.69) is 15.2 Å². The monoisotopic (exact) mass is 349 g/mol. The van der Waals surface area contributed by atoms with Crippen molar-refractivity contribution in [1.29, 1.82) is 0 Å². The molecule has 0 saturated carbocycles. The van der Waals surface area contributed by atoms with Crippen molar-refractivity contribution < 1.29 is 18.3 Å². The van der Waals surface area contributed by atoms with Crippen molar-refractivity contribution in [2.45, 2.75) is 6.61 Å². The standard InChI is InChI=1S/C19H15N3O4/c1-23-16-7-5-13(6-8-16)18-21-15(11-25-18)10-24-17-4-2-3-14(9-17)19-22-20-12-26-19/h2-9,11-12H,10H2,1H3. The Morgan fingerprint density at radius 1 is 0.923 bits per heavy atom. The fraction of sp³-hybridized carbons (Fsp3) is 0.105. The van der Waals surface area contributed by atoms with Gasteiger partial charge in [0.1, 0.15) is 30.1 Å². The van der Waals surface area contributed by atoms with Crippen LogP contribution in [0.3, 0.4) is 0 Å². The number of hydrogen-bond donors (Lipinski definition) is 0. The van der Waals surface area contributed by atoms with Gasteiger partial charge in [-0.3, -0.25) is 0 Å². The molecule has 0 N–H and O–H groups in total. The van der Waals surface area contributed by atoms with Crippen molar-refractivity contribution in [3.63, 3.8) is 0 Å². The van der Waals surface area contributed by atoms with Crippen molar-refractivity contribution in [2.24, 2.45) is 0 Å². The van der Waals surface area contributed by atoms with E-state index in [1.165, 1.54) is 6.39 Å². The molecule has 0 bridgehead atoms. The van der Waals surface area contributed by atoms with Gasteiger partial charge in [0.15, 0.2) is 0 Å². The van der Waals surface area contributed by atoms with Crippen molar-refractivity contribution in [2.75, 3.05) is 7.11 Å². The summed E-state index contributed by atoms with van der Waals surface area (Å²) in [5.41, 5.74) is 2.36. The Balaban J connectivity index is 1.44. The average Bonchev–Trinajstić information content (AvgIpc) is 3.39. The summed E-state index contributed by atoms with van der Waals surface area (Å²) < 4.78 is 21.7. The number of benzene rings is 2. The van der Waals surface area contributed by atoms with Crippen molar-refractivity contribution in [3.8, 4) is 34.4 Å². The zero-order valence-corrected chi connectivity index (χ0v) is 14.0. The molecule has 7 heteroatoms.